The fourth-order valence-electron chi connectivity index (χ4n) is 2.63. The van der Waals surface area contributed by atoms with Crippen molar-refractivity contribution >= 4 is 29.4 Å². The summed E-state index contributed by atoms with van der Waals surface area (Å²) in [5, 5.41) is -3.18. The van der Waals surface area contributed by atoms with Gasteiger partial charge in [0.1, 0.15) is 0 Å². The average molecular weight is 466 g/mol. The Labute approximate surface area is 175 Å². The van der Waals surface area contributed by atoms with Crippen molar-refractivity contribution < 1.29 is 40.3 Å². The molecule has 1 amide bonds. The van der Waals surface area contributed by atoms with E-state index in [0.717, 1.165) is 6.07 Å². The Morgan fingerprint density at radius 2 is 1.61 bits per heavy atom. The van der Waals surface area contributed by atoms with Crippen LogP contribution in [0.4, 0.5) is 36.4 Å². The molecule has 4 nitrogen and oxygen atoms in total. The molecule has 0 spiro atoms. The van der Waals surface area contributed by atoms with Crippen LogP contribution in [-0.2, 0) is 4.79 Å². The van der Waals surface area contributed by atoms with Gasteiger partial charge in [0.05, 0.1) is 5.69 Å². The monoisotopic (exact) mass is 466 g/mol. The number of rotatable bonds is 6. The first-order valence-electron chi connectivity index (χ1n) is 8.32. The molecule has 0 heterocycles. The number of nitrogens with zero attached hydrogens (tertiary/aromatic N) is 1. The number of aliphatic imine (C=N–C) groups is 1. The molecule has 166 valence electrons. The molecule has 2 aromatic carbocycles. The van der Waals surface area contributed by atoms with Crippen LogP contribution in [0.3, 0.4) is 0 Å². The quantitative estimate of drug-likeness (QED) is 0.251. The fraction of sp³-hybridized carbons (Fsp3) is 0.263. The predicted molar refractivity (Wildman–Crippen MR) is 99.6 cm³/mol. The summed E-state index contributed by atoms with van der Waals surface area (Å²) in [4.78, 5) is 25.7. The number of thioether (sulfide) groups is 1. The van der Waals surface area contributed by atoms with E-state index in [9.17, 15) is 40.3 Å². The maximum Gasteiger partial charge on any atom is 0.460 e. The molecule has 12 heteroatoms. The number of carbonyl (C=O) groups is 1. The Bertz CT molecular complexity index is 1050. The van der Waals surface area contributed by atoms with Gasteiger partial charge in [-0.2, -0.15) is 35.7 Å². The first-order valence-corrected chi connectivity index (χ1v) is 9.14. The predicted octanol–water partition coefficient (Wildman–Crippen LogP) is 5.87. The lowest BCUT2D eigenvalue weighted by atomic mass is 9.96. The van der Waals surface area contributed by atoms with Gasteiger partial charge >= 0.3 is 17.4 Å². The Morgan fingerprint density at radius 3 is 2.16 bits per heavy atom. The molecule has 0 bridgehead atoms. The smallest absolute Gasteiger partial charge is 0.355 e. The zero-order chi connectivity index (χ0) is 23.6. The molecular formula is C19H13F7N2O2S. The summed E-state index contributed by atoms with van der Waals surface area (Å²) in [5.41, 5.74) is -0.171. The van der Waals surface area contributed by atoms with E-state index >= 15 is 0 Å². The highest BCUT2D eigenvalue weighted by molar-refractivity contribution is 8.00. The van der Waals surface area contributed by atoms with E-state index in [-0.39, 0.29) is 27.9 Å². The maximum absolute atomic E-state index is 14.0. The van der Waals surface area contributed by atoms with Crippen LogP contribution in [0.5, 0.6) is 0 Å². The van der Waals surface area contributed by atoms with Gasteiger partial charge in [0.15, 0.2) is 0 Å². The van der Waals surface area contributed by atoms with E-state index in [1.165, 1.54) is 50.4 Å². The molecule has 2 aromatic rings. The van der Waals surface area contributed by atoms with Crippen molar-refractivity contribution in [1.82, 2.24) is 5.32 Å². The SMILES string of the molecule is CNC(=O)c1ccc(-c2ccccc2SC(F)(F)C(F)(F)C(F)(F)F)c(N=C=O)c1C. The molecule has 0 unspecified atom stereocenters. The van der Waals surface area contributed by atoms with E-state index in [2.05, 4.69) is 10.3 Å². The number of benzene rings is 2. The third-order valence-electron chi connectivity index (χ3n) is 4.20. The van der Waals surface area contributed by atoms with Crippen LogP contribution in [0.2, 0.25) is 0 Å². The topological polar surface area (TPSA) is 58.5 Å². The Kier molecular flexibility index (Phi) is 6.87. The molecule has 2 rings (SSSR count). The lowest BCUT2D eigenvalue weighted by molar-refractivity contribution is -0.330. The molecule has 0 aliphatic carbocycles. The lowest BCUT2D eigenvalue weighted by Gasteiger charge is -2.28. The number of hydrogen-bond donors (Lipinski definition) is 1. The summed E-state index contributed by atoms with van der Waals surface area (Å²) in [5.74, 6) is -6.86. The van der Waals surface area contributed by atoms with Crippen LogP contribution in [-0.4, -0.2) is 36.4 Å². The molecule has 0 atom stereocenters. The highest BCUT2D eigenvalue weighted by Gasteiger charge is 2.73. The minimum atomic E-state index is -6.48. The molecule has 0 aromatic heterocycles. The van der Waals surface area contributed by atoms with Crippen molar-refractivity contribution in [2.24, 2.45) is 4.99 Å². The number of carbonyl (C=O) groups excluding carboxylic acids is 2. The molecular weight excluding hydrogens is 453 g/mol. The first-order chi connectivity index (χ1) is 14.3. The van der Waals surface area contributed by atoms with Crippen LogP contribution in [0.15, 0.2) is 46.3 Å². The van der Waals surface area contributed by atoms with E-state index < -0.39 is 39.9 Å². The minimum Gasteiger partial charge on any atom is -0.355 e. The average Bonchev–Trinajstić information content (AvgIpc) is 2.68. The van der Waals surface area contributed by atoms with Gasteiger partial charge in [-0.05, 0) is 41.9 Å². The van der Waals surface area contributed by atoms with Gasteiger partial charge in [0, 0.05) is 23.1 Å². The number of isocyanates is 1. The largest absolute Gasteiger partial charge is 0.460 e. The van der Waals surface area contributed by atoms with E-state index in [1.54, 1.807) is 0 Å². The van der Waals surface area contributed by atoms with Gasteiger partial charge in [-0.25, -0.2) is 4.79 Å². The van der Waals surface area contributed by atoms with Gasteiger partial charge < -0.3 is 5.32 Å². The van der Waals surface area contributed by atoms with Crippen LogP contribution < -0.4 is 5.32 Å². The van der Waals surface area contributed by atoms with Crippen molar-refractivity contribution in [3.8, 4) is 11.1 Å². The second-order valence-corrected chi connectivity index (χ2v) is 7.26. The van der Waals surface area contributed by atoms with Gasteiger partial charge in [-0.1, -0.05) is 24.3 Å². The third kappa shape index (κ3) is 4.59. The van der Waals surface area contributed by atoms with Crippen LogP contribution in [0.25, 0.3) is 11.1 Å². The van der Waals surface area contributed by atoms with Crippen LogP contribution in [0.1, 0.15) is 15.9 Å². The van der Waals surface area contributed by atoms with Crippen LogP contribution >= 0.6 is 11.8 Å². The molecule has 0 fully saturated rings. The minimum absolute atomic E-state index is 0.0391. The van der Waals surface area contributed by atoms with Crippen molar-refractivity contribution in [2.75, 3.05) is 7.05 Å². The van der Waals surface area contributed by atoms with Crippen molar-refractivity contribution in [3.05, 3.63) is 47.5 Å². The molecule has 0 saturated carbocycles. The fourth-order valence-corrected chi connectivity index (χ4v) is 3.59. The Morgan fingerprint density at radius 1 is 1.00 bits per heavy atom. The lowest BCUT2D eigenvalue weighted by Crippen LogP contribution is -2.49. The summed E-state index contributed by atoms with van der Waals surface area (Å²) in [6, 6.07) is 7.10. The first kappa shape index (κ1) is 24.4. The van der Waals surface area contributed by atoms with E-state index in [4.69, 9.17) is 0 Å². The highest BCUT2D eigenvalue weighted by atomic mass is 32.2. The third-order valence-corrected chi connectivity index (χ3v) is 5.29. The Hall–Kier alpha value is -2.85. The summed E-state index contributed by atoms with van der Waals surface area (Å²) < 4.78 is 92.1. The summed E-state index contributed by atoms with van der Waals surface area (Å²) >= 11 is -0.974. The number of hydrogen-bond acceptors (Lipinski definition) is 4. The van der Waals surface area contributed by atoms with Crippen molar-refractivity contribution in [3.63, 3.8) is 0 Å². The number of halogens is 7. The maximum atomic E-state index is 14.0. The van der Waals surface area contributed by atoms with E-state index in [0.29, 0.717) is 0 Å². The second kappa shape index (κ2) is 8.72. The summed E-state index contributed by atoms with van der Waals surface area (Å²) in [6.45, 7) is 1.40. The number of nitrogens with one attached hydrogen (secondary N) is 1. The molecule has 0 saturated heterocycles. The zero-order valence-corrected chi connectivity index (χ0v) is 16.6. The summed E-state index contributed by atoms with van der Waals surface area (Å²) in [7, 11) is 1.34. The van der Waals surface area contributed by atoms with Gasteiger partial charge in [-0.15, -0.1) is 0 Å². The Balaban J connectivity index is 2.68. The molecule has 0 radical (unpaired) electrons. The van der Waals surface area contributed by atoms with Gasteiger partial charge in [0.25, 0.3) is 5.91 Å². The van der Waals surface area contributed by atoms with Crippen LogP contribution in [0, 0.1) is 6.92 Å². The highest BCUT2D eigenvalue weighted by Crippen LogP contribution is 2.55. The molecule has 0 aliphatic rings. The van der Waals surface area contributed by atoms with Crippen molar-refractivity contribution in [1.29, 1.82) is 0 Å². The normalized spacial score (nSPS) is 12.3. The number of amides is 1. The zero-order valence-electron chi connectivity index (χ0n) is 15.8. The standard InChI is InChI=1S/C19H13F7N2O2S/c1-10-11(16(30)27-2)7-8-13(15(10)28-9-29)12-5-3-4-6-14(12)31-19(25,26)17(20,21)18(22,23)24/h3-8H,1-2H3,(H,27,30). The van der Waals surface area contributed by atoms with Gasteiger partial charge in [-0.3, -0.25) is 4.79 Å². The number of alkyl halides is 7. The molecule has 1 N–H and O–H groups in total. The molecule has 0 aliphatic heterocycles. The molecule has 31 heavy (non-hydrogen) atoms. The van der Waals surface area contributed by atoms with E-state index in [1.807, 2.05) is 0 Å². The summed E-state index contributed by atoms with van der Waals surface area (Å²) in [6.07, 6.45) is -5.22. The van der Waals surface area contributed by atoms with Gasteiger partial charge in [0.2, 0.25) is 6.08 Å². The second-order valence-electron chi connectivity index (χ2n) is 6.10. The van der Waals surface area contributed by atoms with Crippen molar-refractivity contribution in [2.45, 2.75) is 29.2 Å².